The van der Waals surface area contributed by atoms with Gasteiger partial charge >= 0.3 is 11.9 Å². The number of carboxylic acid groups (broad SMARTS) is 2. The Labute approximate surface area is 76.5 Å². The molecule has 0 bridgehead atoms. The minimum Gasteiger partial charge on any atom is -0.481 e. The molecule has 0 saturated heterocycles. The first-order valence-electron chi connectivity index (χ1n) is 4.19. The molecule has 0 radical (unpaired) electrons. The summed E-state index contributed by atoms with van der Waals surface area (Å²) < 4.78 is 0. The van der Waals surface area contributed by atoms with Crippen LogP contribution in [0.15, 0.2) is 0 Å². The highest BCUT2D eigenvalue weighted by molar-refractivity contribution is 5.75. The SMILES string of the molecule is CCC[C@@H](CC(=O)O)[C@H](N)C(=O)O. The molecule has 0 amide bonds. The summed E-state index contributed by atoms with van der Waals surface area (Å²) in [6, 6.07) is -1.07. The Hall–Kier alpha value is -1.10. The van der Waals surface area contributed by atoms with E-state index >= 15 is 0 Å². The fraction of sp³-hybridized carbons (Fsp3) is 0.750. The van der Waals surface area contributed by atoms with Crippen LogP contribution < -0.4 is 5.73 Å². The molecule has 0 heterocycles. The zero-order valence-electron chi connectivity index (χ0n) is 7.56. The lowest BCUT2D eigenvalue weighted by Gasteiger charge is -2.17. The van der Waals surface area contributed by atoms with Crippen LogP contribution >= 0.6 is 0 Å². The second-order valence-electron chi connectivity index (χ2n) is 3.01. The molecule has 0 saturated carbocycles. The fourth-order valence-electron chi connectivity index (χ4n) is 1.21. The van der Waals surface area contributed by atoms with E-state index in [0.717, 1.165) is 6.42 Å². The van der Waals surface area contributed by atoms with Gasteiger partial charge in [0.25, 0.3) is 0 Å². The third-order valence-electron chi connectivity index (χ3n) is 1.89. The Bertz CT molecular complexity index is 193. The Morgan fingerprint density at radius 2 is 1.92 bits per heavy atom. The first-order valence-corrected chi connectivity index (χ1v) is 4.19. The minimum atomic E-state index is -1.14. The number of carbonyl (C=O) groups is 2. The van der Waals surface area contributed by atoms with E-state index in [1.165, 1.54) is 0 Å². The molecule has 0 aliphatic carbocycles. The monoisotopic (exact) mass is 189 g/mol. The van der Waals surface area contributed by atoms with Gasteiger partial charge < -0.3 is 15.9 Å². The molecule has 0 aliphatic heterocycles. The standard InChI is InChI=1S/C8H15NO4/c1-2-3-5(4-6(10)11)7(9)8(12)13/h5,7H,2-4,9H2,1H3,(H,10,11)(H,12,13)/t5-,7-/m0/s1. The van der Waals surface area contributed by atoms with Crippen molar-refractivity contribution < 1.29 is 19.8 Å². The van der Waals surface area contributed by atoms with Crippen LogP contribution in [0.5, 0.6) is 0 Å². The first kappa shape index (κ1) is 11.9. The van der Waals surface area contributed by atoms with E-state index in [4.69, 9.17) is 15.9 Å². The van der Waals surface area contributed by atoms with Crippen molar-refractivity contribution in [3.05, 3.63) is 0 Å². The summed E-state index contributed by atoms with van der Waals surface area (Å²) in [6.07, 6.45) is 1.08. The first-order chi connectivity index (χ1) is 5.99. The molecule has 4 N–H and O–H groups in total. The van der Waals surface area contributed by atoms with Crippen molar-refractivity contribution in [1.29, 1.82) is 0 Å². The Morgan fingerprint density at radius 3 is 2.23 bits per heavy atom. The molecule has 0 aromatic heterocycles. The summed E-state index contributed by atoms with van der Waals surface area (Å²) in [4.78, 5) is 20.8. The van der Waals surface area contributed by atoms with Crippen LogP contribution in [0, 0.1) is 5.92 Å². The summed E-state index contributed by atoms with van der Waals surface area (Å²) in [5.41, 5.74) is 5.33. The van der Waals surface area contributed by atoms with Crippen LogP contribution in [0.3, 0.4) is 0 Å². The van der Waals surface area contributed by atoms with Crippen LogP contribution in [0.2, 0.25) is 0 Å². The molecule has 13 heavy (non-hydrogen) atoms. The topological polar surface area (TPSA) is 101 Å². The molecule has 0 spiro atoms. The highest BCUT2D eigenvalue weighted by Gasteiger charge is 2.25. The zero-order chi connectivity index (χ0) is 10.4. The second-order valence-corrected chi connectivity index (χ2v) is 3.01. The van der Waals surface area contributed by atoms with E-state index < -0.39 is 23.9 Å². The van der Waals surface area contributed by atoms with Crippen LogP contribution in [0.1, 0.15) is 26.2 Å². The van der Waals surface area contributed by atoms with Gasteiger partial charge in [-0.1, -0.05) is 13.3 Å². The molecular formula is C8H15NO4. The molecule has 0 aromatic carbocycles. The second kappa shape index (κ2) is 5.53. The van der Waals surface area contributed by atoms with Crippen molar-refractivity contribution in [3.8, 4) is 0 Å². The van der Waals surface area contributed by atoms with Crippen molar-refractivity contribution in [2.75, 3.05) is 0 Å². The molecule has 0 aliphatic rings. The number of rotatable bonds is 6. The maximum absolute atomic E-state index is 10.5. The van der Waals surface area contributed by atoms with Crippen LogP contribution in [-0.4, -0.2) is 28.2 Å². The summed E-state index contributed by atoms with van der Waals surface area (Å²) >= 11 is 0. The summed E-state index contributed by atoms with van der Waals surface area (Å²) in [5.74, 6) is -2.62. The Morgan fingerprint density at radius 1 is 1.38 bits per heavy atom. The highest BCUT2D eigenvalue weighted by Crippen LogP contribution is 2.14. The van der Waals surface area contributed by atoms with E-state index in [9.17, 15) is 9.59 Å². The van der Waals surface area contributed by atoms with Crippen LogP contribution in [0.4, 0.5) is 0 Å². The molecule has 0 rings (SSSR count). The van der Waals surface area contributed by atoms with Crippen molar-refractivity contribution in [1.82, 2.24) is 0 Å². The number of hydrogen-bond acceptors (Lipinski definition) is 3. The maximum atomic E-state index is 10.5. The van der Waals surface area contributed by atoms with Gasteiger partial charge in [0, 0.05) is 0 Å². The predicted octanol–water partition coefficient (Wildman–Crippen LogP) is 0.289. The number of aliphatic carboxylic acids is 2. The summed E-state index contributed by atoms with van der Waals surface area (Å²) in [5, 5.41) is 17.1. The van der Waals surface area contributed by atoms with Gasteiger partial charge in [-0.2, -0.15) is 0 Å². The van der Waals surface area contributed by atoms with E-state index in [-0.39, 0.29) is 6.42 Å². The van der Waals surface area contributed by atoms with E-state index in [1.807, 2.05) is 6.92 Å². The molecule has 2 atom stereocenters. The Balaban J connectivity index is 4.22. The maximum Gasteiger partial charge on any atom is 0.320 e. The normalized spacial score (nSPS) is 14.9. The molecule has 5 heteroatoms. The van der Waals surface area contributed by atoms with Gasteiger partial charge in [-0.05, 0) is 12.3 Å². The van der Waals surface area contributed by atoms with Gasteiger partial charge in [-0.25, -0.2) is 0 Å². The third-order valence-corrected chi connectivity index (χ3v) is 1.89. The van der Waals surface area contributed by atoms with Crippen LogP contribution in [-0.2, 0) is 9.59 Å². The molecule has 76 valence electrons. The van der Waals surface area contributed by atoms with Crippen molar-refractivity contribution >= 4 is 11.9 Å². The van der Waals surface area contributed by atoms with Gasteiger partial charge in [-0.3, -0.25) is 9.59 Å². The number of hydrogen-bond donors (Lipinski definition) is 3. The lowest BCUT2D eigenvalue weighted by Crippen LogP contribution is -2.39. The Kier molecular flexibility index (Phi) is 5.06. The van der Waals surface area contributed by atoms with Crippen LogP contribution in [0.25, 0.3) is 0 Å². The largest absolute Gasteiger partial charge is 0.481 e. The lowest BCUT2D eigenvalue weighted by atomic mass is 9.92. The van der Waals surface area contributed by atoms with Crippen molar-refractivity contribution in [2.45, 2.75) is 32.2 Å². The number of carboxylic acids is 2. The molecule has 0 unspecified atom stereocenters. The average Bonchev–Trinajstić information content (AvgIpc) is 2.01. The molecule has 0 aromatic rings. The van der Waals surface area contributed by atoms with Crippen molar-refractivity contribution in [2.24, 2.45) is 11.7 Å². The number of nitrogens with two attached hydrogens (primary N) is 1. The van der Waals surface area contributed by atoms with E-state index in [2.05, 4.69) is 0 Å². The van der Waals surface area contributed by atoms with E-state index in [1.54, 1.807) is 0 Å². The quantitative estimate of drug-likeness (QED) is 0.557. The molecule has 5 nitrogen and oxygen atoms in total. The third kappa shape index (κ3) is 4.47. The minimum absolute atomic E-state index is 0.179. The van der Waals surface area contributed by atoms with Gasteiger partial charge in [0.2, 0.25) is 0 Å². The highest BCUT2D eigenvalue weighted by atomic mass is 16.4. The molecule has 0 fully saturated rings. The average molecular weight is 189 g/mol. The van der Waals surface area contributed by atoms with Crippen molar-refractivity contribution in [3.63, 3.8) is 0 Å². The fourth-order valence-corrected chi connectivity index (χ4v) is 1.21. The zero-order valence-corrected chi connectivity index (χ0v) is 7.56. The smallest absolute Gasteiger partial charge is 0.320 e. The summed E-state index contributed by atoms with van der Waals surface area (Å²) in [6.45, 7) is 1.86. The summed E-state index contributed by atoms with van der Waals surface area (Å²) in [7, 11) is 0. The lowest BCUT2D eigenvalue weighted by molar-refractivity contribution is -0.142. The van der Waals surface area contributed by atoms with Gasteiger partial charge in [0.15, 0.2) is 0 Å². The predicted molar refractivity (Wildman–Crippen MR) is 46.3 cm³/mol. The van der Waals surface area contributed by atoms with E-state index in [0.29, 0.717) is 6.42 Å². The van der Waals surface area contributed by atoms with Gasteiger partial charge in [0.05, 0.1) is 6.42 Å². The van der Waals surface area contributed by atoms with Gasteiger partial charge in [-0.15, -0.1) is 0 Å². The molecular weight excluding hydrogens is 174 g/mol. The van der Waals surface area contributed by atoms with Gasteiger partial charge in [0.1, 0.15) is 6.04 Å².